The number of fused-ring (bicyclic) bond motifs is 2. The number of halogens is 1. The molecule has 0 saturated carbocycles. The van der Waals surface area contributed by atoms with E-state index in [1.807, 2.05) is 36.4 Å². The van der Waals surface area contributed by atoms with Crippen LogP contribution >= 0.6 is 11.8 Å². The number of nitrogens with zero attached hydrogens (tertiary/aromatic N) is 2. The topological polar surface area (TPSA) is 52.0 Å². The van der Waals surface area contributed by atoms with Gasteiger partial charge >= 0.3 is 0 Å². The highest BCUT2D eigenvalue weighted by atomic mass is 32.2. The van der Waals surface area contributed by atoms with Crippen LogP contribution in [0.15, 0.2) is 70.6 Å². The highest BCUT2D eigenvalue weighted by molar-refractivity contribution is 8.00. The molecule has 0 unspecified atom stereocenters. The van der Waals surface area contributed by atoms with Crippen LogP contribution in [0.5, 0.6) is 0 Å². The van der Waals surface area contributed by atoms with Crippen molar-refractivity contribution < 1.29 is 9.18 Å². The number of hydrogen-bond acceptors (Lipinski definition) is 4. The summed E-state index contributed by atoms with van der Waals surface area (Å²) in [5, 5.41) is 2.52. The van der Waals surface area contributed by atoms with Crippen LogP contribution in [0.4, 0.5) is 4.39 Å². The lowest BCUT2D eigenvalue weighted by molar-refractivity contribution is 0.0994. The quantitative estimate of drug-likeness (QED) is 0.221. The number of benzene rings is 3. The molecule has 0 amide bonds. The molecule has 4 aromatic rings. The van der Waals surface area contributed by atoms with Crippen molar-refractivity contribution in [3.8, 4) is 0 Å². The Morgan fingerprint density at radius 3 is 2.39 bits per heavy atom. The van der Waals surface area contributed by atoms with E-state index in [1.54, 1.807) is 14.0 Å². The normalized spacial score (nSPS) is 12.4. The van der Waals surface area contributed by atoms with Crippen molar-refractivity contribution in [2.45, 2.75) is 17.3 Å². The lowest BCUT2D eigenvalue weighted by atomic mass is 10.1. The number of carbonyl (C=O) groups excluding carboxylic acids is 1. The maximum absolute atomic E-state index is 13.1. The molecule has 0 saturated heterocycles. The first-order valence-corrected chi connectivity index (χ1v) is 9.68. The van der Waals surface area contributed by atoms with Crippen molar-refractivity contribution in [3.63, 3.8) is 0 Å². The Labute approximate surface area is 165 Å². The van der Waals surface area contributed by atoms with Crippen molar-refractivity contribution in [2.75, 3.05) is 0 Å². The fourth-order valence-electron chi connectivity index (χ4n) is 3.10. The van der Waals surface area contributed by atoms with E-state index in [4.69, 9.17) is 0 Å². The molecular weight excluding hydrogens is 375 g/mol. The van der Waals surface area contributed by atoms with E-state index >= 15 is 0 Å². The number of ketones is 1. The van der Waals surface area contributed by atoms with Crippen molar-refractivity contribution >= 4 is 39.2 Å². The average Bonchev–Trinajstić information content (AvgIpc) is 2.70. The maximum Gasteiger partial charge on any atom is 0.261 e. The van der Waals surface area contributed by atoms with Gasteiger partial charge in [0.05, 0.1) is 16.2 Å². The highest BCUT2D eigenvalue weighted by Gasteiger charge is 2.20. The summed E-state index contributed by atoms with van der Waals surface area (Å²) >= 11 is 1.22. The summed E-state index contributed by atoms with van der Waals surface area (Å²) in [6.07, 6.45) is 0. The first-order chi connectivity index (χ1) is 13.4. The van der Waals surface area contributed by atoms with E-state index in [-0.39, 0.29) is 17.2 Å². The third kappa shape index (κ3) is 3.31. The second-order valence-corrected chi connectivity index (χ2v) is 7.91. The second kappa shape index (κ2) is 7.20. The Morgan fingerprint density at radius 1 is 1.07 bits per heavy atom. The van der Waals surface area contributed by atoms with Gasteiger partial charge in [0.15, 0.2) is 10.9 Å². The van der Waals surface area contributed by atoms with Crippen LogP contribution in [0.25, 0.3) is 21.7 Å². The summed E-state index contributed by atoms with van der Waals surface area (Å²) in [7, 11) is 1.65. The maximum atomic E-state index is 13.1. The summed E-state index contributed by atoms with van der Waals surface area (Å²) in [5.41, 5.74) is 0.878. The third-order valence-corrected chi connectivity index (χ3v) is 5.83. The molecule has 0 fully saturated rings. The molecule has 1 atom stereocenters. The van der Waals surface area contributed by atoms with Gasteiger partial charge in [-0.2, -0.15) is 0 Å². The fraction of sp³-hybridized carbons (Fsp3) is 0.136. The lowest BCUT2D eigenvalue weighted by Gasteiger charge is -2.13. The van der Waals surface area contributed by atoms with Crippen molar-refractivity contribution in [1.82, 2.24) is 9.55 Å². The SMILES string of the molecule is C[C@H](Sc1nc2cc3ccccc3cc2c(=O)n1C)C(=O)c1ccc(F)cc1. The molecule has 0 N–H and O–H groups in total. The van der Waals surface area contributed by atoms with Crippen LogP contribution in [0.2, 0.25) is 0 Å². The van der Waals surface area contributed by atoms with E-state index in [1.165, 1.54) is 40.6 Å². The molecule has 28 heavy (non-hydrogen) atoms. The minimum Gasteiger partial charge on any atom is -0.293 e. The molecule has 1 heterocycles. The fourth-order valence-corrected chi connectivity index (χ4v) is 4.05. The highest BCUT2D eigenvalue weighted by Crippen LogP contribution is 2.26. The Hall–Kier alpha value is -2.99. The first kappa shape index (κ1) is 18.4. The number of carbonyl (C=O) groups is 1. The van der Waals surface area contributed by atoms with Gasteiger partial charge in [-0.3, -0.25) is 14.2 Å². The summed E-state index contributed by atoms with van der Waals surface area (Å²) in [6, 6.07) is 17.0. The minimum absolute atomic E-state index is 0.141. The molecular formula is C22H17FN2O2S. The second-order valence-electron chi connectivity index (χ2n) is 6.61. The van der Waals surface area contributed by atoms with Gasteiger partial charge in [0.2, 0.25) is 0 Å². The predicted molar refractivity (Wildman–Crippen MR) is 111 cm³/mol. The monoisotopic (exact) mass is 392 g/mol. The van der Waals surface area contributed by atoms with Crippen LogP contribution in [0.3, 0.4) is 0 Å². The molecule has 1 aromatic heterocycles. The number of rotatable bonds is 4. The molecule has 0 spiro atoms. The first-order valence-electron chi connectivity index (χ1n) is 8.80. The van der Waals surface area contributed by atoms with E-state index < -0.39 is 5.25 Å². The molecule has 140 valence electrons. The molecule has 0 aliphatic heterocycles. The number of thioether (sulfide) groups is 1. The zero-order valence-electron chi connectivity index (χ0n) is 15.3. The summed E-state index contributed by atoms with van der Waals surface area (Å²) in [4.78, 5) is 30.1. The van der Waals surface area contributed by atoms with Crippen molar-refractivity contribution in [3.05, 3.63) is 82.4 Å². The largest absolute Gasteiger partial charge is 0.293 e. The zero-order valence-corrected chi connectivity index (χ0v) is 16.2. The lowest BCUT2D eigenvalue weighted by Crippen LogP contribution is -2.22. The van der Waals surface area contributed by atoms with Gasteiger partial charge in [-0.25, -0.2) is 9.37 Å². The standard InChI is InChI=1S/C22H17FN2O2S/c1-13(20(26)14-7-9-17(23)10-8-14)28-22-24-19-12-16-6-4-3-5-15(16)11-18(19)21(27)25(22)2/h3-13H,1-2H3/t13-/m0/s1. The van der Waals surface area contributed by atoms with E-state index in [0.717, 1.165) is 10.8 Å². The van der Waals surface area contributed by atoms with Crippen LogP contribution in [-0.2, 0) is 7.05 Å². The Bertz CT molecular complexity index is 1270. The average molecular weight is 392 g/mol. The van der Waals surface area contributed by atoms with E-state index in [9.17, 15) is 14.0 Å². The molecule has 0 radical (unpaired) electrons. The van der Waals surface area contributed by atoms with E-state index in [2.05, 4.69) is 4.98 Å². The Morgan fingerprint density at radius 2 is 1.71 bits per heavy atom. The van der Waals surface area contributed by atoms with Gasteiger partial charge in [0.25, 0.3) is 5.56 Å². The van der Waals surface area contributed by atoms with Gasteiger partial charge in [0.1, 0.15) is 5.82 Å². The van der Waals surface area contributed by atoms with Gasteiger partial charge in [0, 0.05) is 12.6 Å². The van der Waals surface area contributed by atoms with Gasteiger partial charge in [-0.1, -0.05) is 36.0 Å². The van der Waals surface area contributed by atoms with Gasteiger partial charge < -0.3 is 0 Å². The smallest absolute Gasteiger partial charge is 0.261 e. The number of hydrogen-bond donors (Lipinski definition) is 0. The number of Topliss-reactive ketones (excluding diaryl/α,β-unsaturated/α-hetero) is 1. The zero-order chi connectivity index (χ0) is 19.8. The molecule has 6 heteroatoms. The van der Waals surface area contributed by atoms with Crippen LogP contribution in [-0.4, -0.2) is 20.6 Å². The molecule has 4 rings (SSSR count). The van der Waals surface area contributed by atoms with Crippen LogP contribution in [0, 0.1) is 5.82 Å². The molecule has 0 aliphatic rings. The van der Waals surface area contributed by atoms with Crippen molar-refractivity contribution in [2.24, 2.45) is 7.05 Å². The van der Waals surface area contributed by atoms with Crippen LogP contribution < -0.4 is 5.56 Å². The molecule has 0 bridgehead atoms. The molecule has 3 aromatic carbocycles. The third-order valence-electron chi connectivity index (χ3n) is 4.68. The molecule has 0 aliphatic carbocycles. The molecule has 4 nitrogen and oxygen atoms in total. The Kier molecular flexibility index (Phi) is 4.73. The Balaban J connectivity index is 1.72. The summed E-state index contributed by atoms with van der Waals surface area (Å²) in [6.45, 7) is 1.76. The summed E-state index contributed by atoms with van der Waals surface area (Å²) in [5.74, 6) is -0.527. The van der Waals surface area contributed by atoms with Crippen LogP contribution in [0.1, 0.15) is 17.3 Å². The van der Waals surface area contributed by atoms with Gasteiger partial charge in [-0.15, -0.1) is 0 Å². The van der Waals surface area contributed by atoms with E-state index in [0.29, 0.717) is 21.6 Å². The van der Waals surface area contributed by atoms with Gasteiger partial charge in [-0.05, 0) is 54.1 Å². The van der Waals surface area contributed by atoms with Crippen molar-refractivity contribution in [1.29, 1.82) is 0 Å². The number of aromatic nitrogens is 2. The summed E-state index contributed by atoms with van der Waals surface area (Å²) < 4.78 is 14.6. The minimum atomic E-state index is -0.471. The predicted octanol–water partition coefficient (Wildman–Crippen LogP) is 4.59.